The van der Waals surface area contributed by atoms with E-state index in [0.717, 1.165) is 31.2 Å². The standard InChI is InChI=1S/C11H13ClN4O2S/c1-18-9(17)7-15-2-4-16(5-3-15)11-8(6-13)10(12)14-19-11/h2-5,7H2,1H3. The minimum absolute atomic E-state index is 0.230. The summed E-state index contributed by atoms with van der Waals surface area (Å²) >= 11 is 7.10. The second-order valence-corrected chi connectivity index (χ2v) is 5.21. The molecule has 0 aromatic carbocycles. The quantitative estimate of drug-likeness (QED) is 0.775. The average Bonchev–Trinajstić information content (AvgIpc) is 2.80. The lowest BCUT2D eigenvalue weighted by Gasteiger charge is -2.34. The van der Waals surface area contributed by atoms with Gasteiger partial charge in [-0.05, 0) is 11.5 Å². The van der Waals surface area contributed by atoms with Crippen LogP contribution in [-0.2, 0) is 9.53 Å². The van der Waals surface area contributed by atoms with Crippen molar-refractivity contribution in [3.63, 3.8) is 0 Å². The molecule has 8 heteroatoms. The molecule has 0 atom stereocenters. The SMILES string of the molecule is COC(=O)CN1CCN(c2snc(Cl)c2C#N)CC1. The first-order valence-corrected chi connectivity index (χ1v) is 6.90. The van der Waals surface area contributed by atoms with Crippen LogP contribution < -0.4 is 4.90 Å². The first kappa shape index (κ1) is 14.1. The number of aromatic nitrogens is 1. The van der Waals surface area contributed by atoms with Gasteiger partial charge in [0.05, 0.1) is 13.7 Å². The van der Waals surface area contributed by atoms with E-state index in [0.29, 0.717) is 12.1 Å². The van der Waals surface area contributed by atoms with E-state index in [9.17, 15) is 4.79 Å². The zero-order valence-electron chi connectivity index (χ0n) is 10.4. The second-order valence-electron chi connectivity index (χ2n) is 4.10. The van der Waals surface area contributed by atoms with Gasteiger partial charge in [-0.2, -0.15) is 9.64 Å². The Bertz CT molecular complexity index is 505. The molecule has 1 aliphatic heterocycles. The predicted molar refractivity (Wildman–Crippen MR) is 72.5 cm³/mol. The van der Waals surface area contributed by atoms with Gasteiger partial charge in [0.2, 0.25) is 0 Å². The van der Waals surface area contributed by atoms with E-state index in [1.807, 2.05) is 4.90 Å². The number of nitriles is 1. The molecule has 2 rings (SSSR count). The molecule has 0 aliphatic carbocycles. The Kier molecular flexibility index (Phi) is 4.58. The summed E-state index contributed by atoms with van der Waals surface area (Å²) in [4.78, 5) is 15.3. The number of piperazine rings is 1. The number of hydrogen-bond donors (Lipinski definition) is 0. The van der Waals surface area contributed by atoms with Crippen LogP contribution in [0, 0.1) is 11.3 Å². The molecular weight excluding hydrogens is 288 g/mol. The molecule has 0 radical (unpaired) electrons. The maximum atomic E-state index is 11.2. The number of carbonyl (C=O) groups excluding carboxylic acids is 1. The molecule has 0 spiro atoms. The number of hydrogen-bond acceptors (Lipinski definition) is 7. The summed E-state index contributed by atoms with van der Waals surface area (Å²) in [5.74, 6) is -0.230. The van der Waals surface area contributed by atoms with Crippen molar-refractivity contribution < 1.29 is 9.53 Å². The normalized spacial score (nSPS) is 16.2. The zero-order chi connectivity index (χ0) is 13.8. The van der Waals surface area contributed by atoms with Crippen LogP contribution in [0.1, 0.15) is 5.56 Å². The van der Waals surface area contributed by atoms with Crippen LogP contribution in [0.4, 0.5) is 5.00 Å². The smallest absolute Gasteiger partial charge is 0.319 e. The van der Waals surface area contributed by atoms with E-state index in [2.05, 4.69) is 20.1 Å². The summed E-state index contributed by atoms with van der Waals surface area (Å²) < 4.78 is 8.64. The van der Waals surface area contributed by atoms with E-state index in [1.54, 1.807) is 0 Å². The van der Waals surface area contributed by atoms with Gasteiger partial charge in [0.1, 0.15) is 16.6 Å². The van der Waals surface area contributed by atoms with Gasteiger partial charge < -0.3 is 9.64 Å². The van der Waals surface area contributed by atoms with Crippen LogP contribution in [0.15, 0.2) is 0 Å². The Balaban J connectivity index is 1.96. The van der Waals surface area contributed by atoms with E-state index < -0.39 is 0 Å². The number of ether oxygens (including phenoxy) is 1. The number of rotatable bonds is 3. The van der Waals surface area contributed by atoms with Crippen molar-refractivity contribution in [1.82, 2.24) is 9.27 Å². The fourth-order valence-electron chi connectivity index (χ4n) is 1.93. The average molecular weight is 301 g/mol. The largest absolute Gasteiger partial charge is 0.468 e. The molecular formula is C11H13ClN4O2S. The minimum Gasteiger partial charge on any atom is -0.468 e. The Labute approximate surface area is 120 Å². The Morgan fingerprint density at radius 2 is 2.21 bits per heavy atom. The molecule has 2 heterocycles. The summed E-state index contributed by atoms with van der Waals surface area (Å²) in [6, 6.07) is 2.08. The summed E-state index contributed by atoms with van der Waals surface area (Å²) in [7, 11) is 1.39. The molecule has 1 aromatic heterocycles. The van der Waals surface area contributed by atoms with Crippen LogP contribution in [0.2, 0.25) is 5.15 Å². The highest BCUT2D eigenvalue weighted by Gasteiger charge is 2.23. The number of halogens is 1. The lowest BCUT2D eigenvalue weighted by Crippen LogP contribution is -2.48. The van der Waals surface area contributed by atoms with Gasteiger partial charge in [0, 0.05) is 26.2 Å². The summed E-state index contributed by atoms with van der Waals surface area (Å²) in [5.41, 5.74) is 0.438. The molecule has 1 fully saturated rings. The molecule has 6 nitrogen and oxygen atoms in total. The maximum Gasteiger partial charge on any atom is 0.319 e. The summed E-state index contributed by atoms with van der Waals surface area (Å²) in [6.45, 7) is 3.28. The van der Waals surface area contributed by atoms with Crippen LogP contribution in [0.5, 0.6) is 0 Å². The zero-order valence-corrected chi connectivity index (χ0v) is 12.0. The van der Waals surface area contributed by atoms with Gasteiger partial charge in [0.25, 0.3) is 0 Å². The molecule has 102 valence electrons. The first-order chi connectivity index (χ1) is 9.15. The van der Waals surface area contributed by atoms with Gasteiger partial charge in [-0.3, -0.25) is 9.69 Å². The molecule has 0 amide bonds. The minimum atomic E-state index is -0.230. The van der Waals surface area contributed by atoms with E-state index in [1.165, 1.54) is 18.6 Å². The van der Waals surface area contributed by atoms with Crippen molar-refractivity contribution in [2.75, 3.05) is 44.7 Å². The lowest BCUT2D eigenvalue weighted by molar-refractivity contribution is -0.142. The Hall–Kier alpha value is -1.36. The van der Waals surface area contributed by atoms with Gasteiger partial charge in [-0.1, -0.05) is 11.6 Å². The van der Waals surface area contributed by atoms with Crippen molar-refractivity contribution in [2.45, 2.75) is 0 Å². The van der Waals surface area contributed by atoms with E-state index in [-0.39, 0.29) is 11.1 Å². The third-order valence-corrected chi connectivity index (χ3v) is 4.27. The Morgan fingerprint density at radius 1 is 1.53 bits per heavy atom. The van der Waals surface area contributed by atoms with Crippen molar-refractivity contribution in [2.24, 2.45) is 0 Å². The molecule has 0 N–H and O–H groups in total. The fraction of sp³-hybridized carbons (Fsp3) is 0.545. The van der Waals surface area contributed by atoms with E-state index >= 15 is 0 Å². The van der Waals surface area contributed by atoms with Crippen molar-refractivity contribution in [3.05, 3.63) is 10.7 Å². The lowest BCUT2D eigenvalue weighted by atomic mass is 10.3. The molecule has 1 saturated heterocycles. The third kappa shape index (κ3) is 3.15. The third-order valence-electron chi connectivity index (χ3n) is 2.98. The van der Waals surface area contributed by atoms with Crippen LogP contribution in [0.3, 0.4) is 0 Å². The molecule has 1 aliphatic rings. The number of esters is 1. The fourth-order valence-corrected chi connectivity index (χ4v) is 3.01. The van der Waals surface area contributed by atoms with Gasteiger partial charge >= 0.3 is 5.97 Å². The Morgan fingerprint density at radius 3 is 2.79 bits per heavy atom. The van der Waals surface area contributed by atoms with Crippen LogP contribution in [-0.4, -0.2) is 55.1 Å². The van der Waals surface area contributed by atoms with Gasteiger partial charge in [0.15, 0.2) is 5.15 Å². The molecule has 0 unspecified atom stereocenters. The maximum absolute atomic E-state index is 11.2. The number of anilines is 1. The first-order valence-electron chi connectivity index (χ1n) is 5.75. The molecule has 19 heavy (non-hydrogen) atoms. The van der Waals surface area contributed by atoms with Crippen molar-refractivity contribution >= 4 is 34.1 Å². The van der Waals surface area contributed by atoms with Crippen molar-refractivity contribution in [1.29, 1.82) is 5.26 Å². The molecule has 1 aromatic rings. The van der Waals surface area contributed by atoms with Gasteiger partial charge in [-0.25, -0.2) is 0 Å². The van der Waals surface area contributed by atoms with Gasteiger partial charge in [-0.15, -0.1) is 0 Å². The second kappa shape index (κ2) is 6.19. The van der Waals surface area contributed by atoms with E-state index in [4.69, 9.17) is 16.9 Å². The predicted octanol–water partition coefficient (Wildman–Crippen LogP) is 0.963. The number of carbonyl (C=O) groups is 1. The summed E-state index contributed by atoms with van der Waals surface area (Å²) in [5, 5.41) is 10.1. The molecule has 0 saturated carbocycles. The highest BCUT2D eigenvalue weighted by atomic mass is 35.5. The topological polar surface area (TPSA) is 69.5 Å². The molecule has 0 bridgehead atoms. The van der Waals surface area contributed by atoms with Crippen molar-refractivity contribution in [3.8, 4) is 6.07 Å². The van der Waals surface area contributed by atoms with Crippen LogP contribution >= 0.6 is 23.1 Å². The highest BCUT2D eigenvalue weighted by molar-refractivity contribution is 7.10. The number of methoxy groups -OCH3 is 1. The monoisotopic (exact) mass is 300 g/mol. The summed E-state index contributed by atoms with van der Waals surface area (Å²) in [6.07, 6.45) is 0. The van der Waals surface area contributed by atoms with Crippen LogP contribution in [0.25, 0.3) is 0 Å². The highest BCUT2D eigenvalue weighted by Crippen LogP contribution is 2.31. The number of nitrogens with zero attached hydrogens (tertiary/aromatic N) is 4.